The zero-order chi connectivity index (χ0) is 8.39. The van der Waals surface area contributed by atoms with E-state index in [2.05, 4.69) is 15.9 Å². The lowest BCUT2D eigenvalue weighted by atomic mass is 10.3. The number of carbonyl (C=O) groups is 1. The number of carbonyl (C=O) groups excluding carboxylic acids is 1. The Morgan fingerprint density at radius 1 is 1.25 bits per heavy atom. The van der Waals surface area contributed by atoms with E-state index >= 15 is 0 Å². The van der Waals surface area contributed by atoms with Gasteiger partial charge >= 0.3 is 6.09 Å². The van der Waals surface area contributed by atoms with Crippen LogP contribution < -0.4 is 16.1 Å². The van der Waals surface area contributed by atoms with E-state index < -0.39 is 6.09 Å². The molecule has 0 atom stereocenters. The Morgan fingerprint density at radius 2 is 2.00 bits per heavy atom. The van der Waals surface area contributed by atoms with Crippen LogP contribution in [-0.4, -0.2) is 6.09 Å². The summed E-state index contributed by atoms with van der Waals surface area (Å²) in [5.41, 5.74) is 5.64. The minimum Gasteiger partial charge on any atom is -0.330 e. The minimum atomic E-state index is -0.515. The fourth-order valence-electron chi connectivity index (χ4n) is 0.918. The monoisotopic (exact) mass is 165 g/mol. The van der Waals surface area contributed by atoms with Gasteiger partial charge in [0, 0.05) is 0 Å². The third kappa shape index (κ3) is 1.17. The summed E-state index contributed by atoms with van der Waals surface area (Å²) in [6.07, 6.45) is -0.515. The summed E-state index contributed by atoms with van der Waals surface area (Å²) in [5, 5.41) is 1.39. The lowest BCUT2D eigenvalue weighted by Gasteiger charge is -2.12. The Bertz CT molecular complexity index is 288. The van der Waals surface area contributed by atoms with E-state index in [1.807, 2.05) is 30.3 Å². The molecule has 0 aliphatic carbocycles. The van der Waals surface area contributed by atoms with Crippen molar-refractivity contribution in [3.63, 3.8) is 0 Å². The largest absolute Gasteiger partial charge is 0.448 e. The van der Waals surface area contributed by atoms with Crippen LogP contribution in [0.25, 0.3) is 0 Å². The van der Waals surface area contributed by atoms with Crippen molar-refractivity contribution in [3.05, 3.63) is 30.3 Å². The second kappa shape index (κ2) is 2.71. The first-order chi connectivity index (χ1) is 5.86. The Kier molecular flexibility index (Phi) is 1.56. The molecule has 0 saturated carbocycles. The van der Waals surface area contributed by atoms with Gasteiger partial charge in [-0.15, -0.1) is 0 Å². The molecule has 5 nitrogen and oxygen atoms in total. The topological polar surface area (TPSA) is 53.6 Å². The van der Waals surface area contributed by atoms with Crippen LogP contribution in [0.2, 0.25) is 0 Å². The highest BCUT2D eigenvalue weighted by Gasteiger charge is 2.18. The van der Waals surface area contributed by atoms with Gasteiger partial charge in [0.05, 0.1) is 5.69 Å². The molecule has 0 bridgehead atoms. The molecule has 5 heteroatoms. The first-order valence-electron chi connectivity index (χ1n) is 3.44. The number of anilines is 1. The SMILES string of the molecule is O=C1NN(c2ccccc2)NO1. The number of hydrazine groups is 2. The van der Waals surface area contributed by atoms with Crippen LogP contribution in [0.3, 0.4) is 0 Å². The van der Waals surface area contributed by atoms with Gasteiger partial charge in [0.15, 0.2) is 0 Å². The molecule has 1 aromatic carbocycles. The molecular weight excluding hydrogens is 158 g/mol. The van der Waals surface area contributed by atoms with E-state index in [0.717, 1.165) is 5.69 Å². The number of nitrogens with one attached hydrogen (secondary N) is 2. The van der Waals surface area contributed by atoms with E-state index in [1.54, 1.807) is 0 Å². The predicted octanol–water partition coefficient (Wildman–Crippen LogP) is 0.567. The second-order valence-corrected chi connectivity index (χ2v) is 2.26. The third-order valence-electron chi connectivity index (χ3n) is 1.45. The second-order valence-electron chi connectivity index (χ2n) is 2.26. The van der Waals surface area contributed by atoms with Crippen molar-refractivity contribution in [1.29, 1.82) is 0 Å². The van der Waals surface area contributed by atoms with Gasteiger partial charge < -0.3 is 4.84 Å². The molecule has 0 unspecified atom stereocenters. The molecule has 0 radical (unpaired) electrons. The standard InChI is InChI=1S/C7H7N3O2/c11-7-8-10(9-12-7)6-4-2-1-3-5-6/h1-5,9H,(H,8,11). The number of nitrogens with zero attached hydrogens (tertiary/aromatic N) is 1. The summed E-state index contributed by atoms with van der Waals surface area (Å²) >= 11 is 0. The van der Waals surface area contributed by atoms with Crippen molar-refractivity contribution in [3.8, 4) is 0 Å². The first kappa shape index (κ1) is 6.93. The normalized spacial score (nSPS) is 15.7. The molecule has 1 aliphatic heterocycles. The molecule has 62 valence electrons. The summed E-state index contributed by atoms with van der Waals surface area (Å²) in [6.45, 7) is 0. The summed E-state index contributed by atoms with van der Waals surface area (Å²) in [4.78, 5) is 15.0. The van der Waals surface area contributed by atoms with Gasteiger partial charge in [-0.2, -0.15) is 5.12 Å². The smallest absolute Gasteiger partial charge is 0.330 e. The van der Waals surface area contributed by atoms with Crippen LogP contribution in [0, 0.1) is 0 Å². The van der Waals surface area contributed by atoms with Crippen LogP contribution >= 0.6 is 0 Å². The zero-order valence-corrected chi connectivity index (χ0v) is 6.15. The lowest BCUT2D eigenvalue weighted by Crippen LogP contribution is -2.38. The number of hydrogen-bond donors (Lipinski definition) is 2. The molecule has 1 heterocycles. The highest BCUT2D eigenvalue weighted by atomic mass is 16.8. The van der Waals surface area contributed by atoms with Crippen LogP contribution in [-0.2, 0) is 4.84 Å². The summed E-state index contributed by atoms with van der Waals surface area (Å²) < 4.78 is 0. The Morgan fingerprint density at radius 3 is 2.58 bits per heavy atom. The predicted molar refractivity (Wildman–Crippen MR) is 41.7 cm³/mol. The van der Waals surface area contributed by atoms with E-state index in [-0.39, 0.29) is 0 Å². The molecule has 2 N–H and O–H groups in total. The van der Waals surface area contributed by atoms with E-state index in [0.29, 0.717) is 0 Å². The molecular formula is C7H7N3O2. The van der Waals surface area contributed by atoms with Crippen molar-refractivity contribution in [2.24, 2.45) is 0 Å². The fraction of sp³-hybridized carbons (Fsp3) is 0. The zero-order valence-electron chi connectivity index (χ0n) is 6.15. The van der Waals surface area contributed by atoms with Crippen LogP contribution in [0.5, 0.6) is 0 Å². The molecule has 1 aromatic rings. The number of rotatable bonds is 1. The van der Waals surface area contributed by atoms with Crippen LogP contribution in [0.15, 0.2) is 30.3 Å². The molecule has 0 spiro atoms. The Labute approximate surface area is 68.8 Å². The van der Waals surface area contributed by atoms with E-state index in [9.17, 15) is 4.79 Å². The Hall–Kier alpha value is -1.75. The summed E-state index contributed by atoms with van der Waals surface area (Å²) in [6, 6.07) is 9.29. The summed E-state index contributed by atoms with van der Waals surface area (Å²) in [5.74, 6) is 0. The van der Waals surface area contributed by atoms with Crippen molar-refractivity contribution in [1.82, 2.24) is 11.0 Å². The maximum atomic E-state index is 10.6. The molecule has 1 fully saturated rings. The maximum absolute atomic E-state index is 10.6. The van der Waals surface area contributed by atoms with Gasteiger partial charge in [0.1, 0.15) is 0 Å². The lowest BCUT2D eigenvalue weighted by molar-refractivity contribution is 0.129. The van der Waals surface area contributed by atoms with E-state index in [4.69, 9.17) is 0 Å². The molecule has 1 aliphatic rings. The number of para-hydroxylation sites is 1. The minimum absolute atomic E-state index is 0.515. The van der Waals surface area contributed by atoms with Gasteiger partial charge in [-0.3, -0.25) is 0 Å². The van der Waals surface area contributed by atoms with Crippen LogP contribution in [0.1, 0.15) is 0 Å². The molecule has 0 aromatic heterocycles. The number of benzene rings is 1. The summed E-state index contributed by atoms with van der Waals surface area (Å²) in [7, 11) is 0. The number of amides is 1. The van der Waals surface area contributed by atoms with Gasteiger partial charge in [0.2, 0.25) is 0 Å². The molecule has 1 saturated heterocycles. The van der Waals surface area contributed by atoms with Crippen LogP contribution in [0.4, 0.5) is 10.5 Å². The first-order valence-corrected chi connectivity index (χ1v) is 3.44. The average molecular weight is 165 g/mol. The van der Waals surface area contributed by atoms with Crippen molar-refractivity contribution >= 4 is 11.8 Å². The Balaban J connectivity index is 2.16. The number of hydrogen-bond acceptors (Lipinski definition) is 4. The van der Waals surface area contributed by atoms with Gasteiger partial charge in [0.25, 0.3) is 0 Å². The third-order valence-corrected chi connectivity index (χ3v) is 1.45. The maximum Gasteiger partial charge on any atom is 0.448 e. The highest BCUT2D eigenvalue weighted by molar-refractivity contribution is 5.71. The van der Waals surface area contributed by atoms with Gasteiger partial charge in [-0.05, 0) is 17.7 Å². The highest BCUT2D eigenvalue weighted by Crippen LogP contribution is 2.10. The molecule has 2 rings (SSSR count). The van der Waals surface area contributed by atoms with Gasteiger partial charge in [-0.25, -0.2) is 10.2 Å². The van der Waals surface area contributed by atoms with Gasteiger partial charge in [-0.1, -0.05) is 18.2 Å². The molecule has 1 amide bonds. The average Bonchev–Trinajstić information content (AvgIpc) is 2.54. The van der Waals surface area contributed by atoms with Crippen molar-refractivity contribution in [2.75, 3.05) is 5.12 Å². The van der Waals surface area contributed by atoms with E-state index in [1.165, 1.54) is 5.12 Å². The van der Waals surface area contributed by atoms with Crippen molar-refractivity contribution < 1.29 is 9.63 Å². The fourth-order valence-corrected chi connectivity index (χ4v) is 0.918. The van der Waals surface area contributed by atoms with Crippen molar-refractivity contribution in [2.45, 2.75) is 0 Å². The quantitative estimate of drug-likeness (QED) is 0.638. The molecule has 12 heavy (non-hydrogen) atoms.